The molecule has 108 valence electrons. The zero-order valence-electron chi connectivity index (χ0n) is 10.7. The van der Waals surface area contributed by atoms with E-state index >= 15 is 0 Å². The van der Waals surface area contributed by atoms with Crippen molar-refractivity contribution < 1.29 is 12.8 Å². The molecule has 2 aromatic rings. The Morgan fingerprint density at radius 2 is 2.00 bits per heavy atom. The number of hydrogen-bond acceptors (Lipinski definition) is 4. The minimum atomic E-state index is -3.80. The van der Waals surface area contributed by atoms with Crippen LogP contribution in [0.25, 0.3) is 0 Å². The summed E-state index contributed by atoms with van der Waals surface area (Å²) in [5, 5.41) is 8.77. The molecule has 0 saturated heterocycles. The van der Waals surface area contributed by atoms with Crippen molar-refractivity contribution in [2.75, 3.05) is 5.73 Å². The molecule has 0 atom stereocenters. The molecule has 0 aliphatic carbocycles. The molecule has 0 heterocycles. The number of nitrogen functional groups attached to an aromatic ring is 1. The molecule has 0 unspecified atom stereocenters. The third-order valence-corrected chi connectivity index (χ3v) is 5.08. The fourth-order valence-electron chi connectivity index (χ4n) is 1.86. The Morgan fingerprint density at radius 1 is 1.29 bits per heavy atom. The molecule has 21 heavy (non-hydrogen) atoms. The molecule has 7 heteroatoms. The lowest BCUT2D eigenvalue weighted by Gasteiger charge is -2.09. The molecule has 2 N–H and O–H groups in total. The summed E-state index contributed by atoms with van der Waals surface area (Å²) in [6, 6.07) is 10.1. The van der Waals surface area contributed by atoms with Gasteiger partial charge in [0.2, 0.25) is 0 Å². The molecule has 2 aromatic carbocycles. The largest absolute Gasteiger partial charge is 0.398 e. The van der Waals surface area contributed by atoms with Crippen molar-refractivity contribution in [1.82, 2.24) is 0 Å². The summed E-state index contributed by atoms with van der Waals surface area (Å²) in [6.45, 7) is 0. The van der Waals surface area contributed by atoms with Crippen LogP contribution < -0.4 is 5.73 Å². The summed E-state index contributed by atoms with van der Waals surface area (Å²) in [5.41, 5.74) is 5.54. The highest BCUT2D eigenvalue weighted by Gasteiger charge is 2.21. The van der Waals surface area contributed by atoms with Gasteiger partial charge < -0.3 is 5.73 Å². The van der Waals surface area contributed by atoms with E-state index in [1.165, 1.54) is 30.3 Å². The van der Waals surface area contributed by atoms with Gasteiger partial charge in [-0.25, -0.2) is 12.8 Å². The zero-order chi connectivity index (χ0) is 15.6. The third kappa shape index (κ3) is 3.23. The molecule has 0 aliphatic heterocycles. The number of rotatable bonds is 3. The molecule has 0 amide bonds. The van der Waals surface area contributed by atoms with Crippen molar-refractivity contribution in [3.8, 4) is 6.07 Å². The molecule has 0 radical (unpaired) electrons. The number of sulfone groups is 1. The molecule has 0 aromatic heterocycles. The van der Waals surface area contributed by atoms with E-state index in [0.29, 0.717) is 4.47 Å². The first-order valence-electron chi connectivity index (χ1n) is 5.80. The lowest BCUT2D eigenvalue weighted by Crippen LogP contribution is -2.09. The highest BCUT2D eigenvalue weighted by molar-refractivity contribution is 9.10. The van der Waals surface area contributed by atoms with E-state index in [0.717, 1.165) is 0 Å². The van der Waals surface area contributed by atoms with Gasteiger partial charge in [0.25, 0.3) is 0 Å². The second-order valence-corrected chi connectivity index (χ2v) is 7.21. The van der Waals surface area contributed by atoms with Crippen LogP contribution in [0.4, 0.5) is 10.1 Å². The standard InChI is InChI=1S/C14H10BrFN2O2S/c15-11-4-5-13(12(18)6-11)21(19,20)8-10-3-1-2-9(7-17)14(10)16/h1-6H,8,18H2. The van der Waals surface area contributed by atoms with Crippen LogP contribution in [0, 0.1) is 17.1 Å². The van der Waals surface area contributed by atoms with Crippen molar-refractivity contribution >= 4 is 31.5 Å². The molecule has 0 fully saturated rings. The fraction of sp³-hybridized carbons (Fsp3) is 0.0714. The van der Waals surface area contributed by atoms with Crippen LogP contribution in [0.15, 0.2) is 45.8 Å². The summed E-state index contributed by atoms with van der Waals surface area (Å²) in [4.78, 5) is -0.0625. The van der Waals surface area contributed by atoms with Crippen LogP contribution in [-0.2, 0) is 15.6 Å². The Hall–Kier alpha value is -1.91. The lowest BCUT2D eigenvalue weighted by atomic mass is 10.1. The number of nitrogens with two attached hydrogens (primary N) is 1. The number of anilines is 1. The summed E-state index contributed by atoms with van der Waals surface area (Å²) in [5.74, 6) is -1.38. The Kier molecular flexibility index (Phi) is 4.30. The number of nitrogens with zero attached hydrogens (tertiary/aromatic N) is 1. The summed E-state index contributed by atoms with van der Waals surface area (Å²) in [6.07, 6.45) is 0. The topological polar surface area (TPSA) is 84.0 Å². The summed E-state index contributed by atoms with van der Waals surface area (Å²) >= 11 is 3.19. The molecular weight excluding hydrogens is 359 g/mol. The maximum atomic E-state index is 14.0. The Balaban J connectivity index is 2.45. The van der Waals surface area contributed by atoms with E-state index in [1.807, 2.05) is 0 Å². The van der Waals surface area contributed by atoms with Gasteiger partial charge in [0.1, 0.15) is 11.9 Å². The van der Waals surface area contributed by atoms with Gasteiger partial charge in [0.15, 0.2) is 9.84 Å². The number of benzene rings is 2. The van der Waals surface area contributed by atoms with E-state index in [4.69, 9.17) is 11.0 Å². The van der Waals surface area contributed by atoms with Gasteiger partial charge in [0, 0.05) is 10.0 Å². The summed E-state index contributed by atoms with van der Waals surface area (Å²) < 4.78 is 39.3. The van der Waals surface area contributed by atoms with Gasteiger partial charge in [0.05, 0.1) is 21.9 Å². The van der Waals surface area contributed by atoms with Gasteiger partial charge in [-0.3, -0.25) is 0 Å². The van der Waals surface area contributed by atoms with Gasteiger partial charge in [-0.15, -0.1) is 0 Å². The summed E-state index contributed by atoms with van der Waals surface area (Å²) in [7, 11) is -3.80. The second-order valence-electron chi connectivity index (χ2n) is 4.33. The Labute approximate surface area is 130 Å². The Morgan fingerprint density at radius 3 is 2.62 bits per heavy atom. The first kappa shape index (κ1) is 15.5. The smallest absolute Gasteiger partial charge is 0.184 e. The molecule has 2 rings (SSSR count). The molecule has 0 bridgehead atoms. The van der Waals surface area contributed by atoms with Crippen molar-refractivity contribution in [2.24, 2.45) is 0 Å². The van der Waals surface area contributed by atoms with Crippen molar-refractivity contribution in [2.45, 2.75) is 10.6 Å². The highest BCUT2D eigenvalue weighted by atomic mass is 79.9. The quantitative estimate of drug-likeness (QED) is 0.843. The first-order valence-corrected chi connectivity index (χ1v) is 8.25. The van der Waals surface area contributed by atoms with Crippen molar-refractivity contribution in [3.63, 3.8) is 0 Å². The van der Waals surface area contributed by atoms with Crippen LogP contribution in [0.2, 0.25) is 0 Å². The maximum Gasteiger partial charge on any atom is 0.184 e. The lowest BCUT2D eigenvalue weighted by molar-refractivity contribution is 0.586. The van der Waals surface area contributed by atoms with Gasteiger partial charge >= 0.3 is 0 Å². The fourth-order valence-corrected chi connectivity index (χ4v) is 3.72. The molecular formula is C14H10BrFN2O2S. The monoisotopic (exact) mass is 368 g/mol. The number of nitriles is 1. The average Bonchev–Trinajstić information content (AvgIpc) is 2.40. The normalized spacial score (nSPS) is 11.1. The molecule has 0 spiro atoms. The van der Waals surface area contributed by atoms with Gasteiger partial charge in [-0.05, 0) is 24.3 Å². The second kappa shape index (κ2) is 5.84. The van der Waals surface area contributed by atoms with Crippen LogP contribution in [-0.4, -0.2) is 8.42 Å². The van der Waals surface area contributed by atoms with Crippen molar-refractivity contribution in [1.29, 1.82) is 5.26 Å². The van der Waals surface area contributed by atoms with Crippen LogP contribution in [0.3, 0.4) is 0 Å². The van der Waals surface area contributed by atoms with Crippen molar-refractivity contribution in [3.05, 3.63) is 57.8 Å². The van der Waals surface area contributed by atoms with E-state index in [1.54, 1.807) is 12.1 Å². The number of hydrogen-bond donors (Lipinski definition) is 1. The Bertz CT molecular complexity index is 845. The van der Waals surface area contributed by atoms with Gasteiger partial charge in [-0.1, -0.05) is 28.1 Å². The van der Waals surface area contributed by atoms with Crippen LogP contribution in [0.1, 0.15) is 11.1 Å². The van der Waals surface area contributed by atoms with E-state index in [9.17, 15) is 12.8 Å². The SMILES string of the molecule is N#Cc1cccc(CS(=O)(=O)c2ccc(Br)cc2N)c1F. The predicted octanol–water partition coefficient (Wildman–Crippen LogP) is 3.02. The molecule has 4 nitrogen and oxygen atoms in total. The van der Waals surface area contributed by atoms with Crippen LogP contribution in [0.5, 0.6) is 0 Å². The third-order valence-electron chi connectivity index (χ3n) is 2.85. The molecule has 0 saturated carbocycles. The van der Waals surface area contributed by atoms with E-state index in [-0.39, 0.29) is 21.7 Å². The maximum absolute atomic E-state index is 14.0. The van der Waals surface area contributed by atoms with E-state index in [2.05, 4.69) is 15.9 Å². The molecule has 0 aliphatic rings. The zero-order valence-corrected chi connectivity index (χ0v) is 13.1. The van der Waals surface area contributed by atoms with Gasteiger partial charge in [-0.2, -0.15) is 5.26 Å². The van der Waals surface area contributed by atoms with Crippen LogP contribution >= 0.6 is 15.9 Å². The minimum Gasteiger partial charge on any atom is -0.398 e. The highest BCUT2D eigenvalue weighted by Crippen LogP contribution is 2.26. The van der Waals surface area contributed by atoms with E-state index < -0.39 is 21.4 Å². The first-order chi connectivity index (χ1) is 9.85. The predicted molar refractivity (Wildman–Crippen MR) is 80.6 cm³/mol. The average molecular weight is 369 g/mol. The number of halogens is 2. The minimum absolute atomic E-state index is 0.0589.